The Morgan fingerprint density at radius 1 is 1.38 bits per heavy atom. The topological polar surface area (TPSA) is 69.6 Å². The number of carboxylic acid groups (broad SMARTS) is 1. The number of rotatable bonds is 2. The Kier molecular flexibility index (Phi) is 3.68. The van der Waals surface area contributed by atoms with Crippen LogP contribution in [0.15, 0.2) is 18.2 Å². The molecule has 21 heavy (non-hydrogen) atoms. The van der Waals surface area contributed by atoms with Crippen molar-refractivity contribution in [2.75, 3.05) is 18.0 Å². The van der Waals surface area contributed by atoms with Gasteiger partial charge in [-0.2, -0.15) is 0 Å². The van der Waals surface area contributed by atoms with Crippen LogP contribution in [-0.2, 0) is 11.2 Å². The average molecular weight is 288 g/mol. The standard InChI is InChI=1S/C16H20N2O3/c1-10-4-6-17-13(8-10)15(19)18-7-5-11-2-3-12(16(20)21)9-14(11)18/h2-3,9-10,13,17H,4-8H2,1H3,(H,20,21). The lowest BCUT2D eigenvalue weighted by Crippen LogP contribution is -2.49. The van der Waals surface area contributed by atoms with Gasteiger partial charge in [-0.15, -0.1) is 0 Å². The molecule has 1 fully saturated rings. The molecule has 0 spiro atoms. The van der Waals surface area contributed by atoms with E-state index < -0.39 is 5.97 Å². The Labute approximate surface area is 123 Å². The molecule has 2 aliphatic rings. The first-order valence-electron chi connectivity index (χ1n) is 7.47. The molecule has 1 saturated heterocycles. The third kappa shape index (κ3) is 2.65. The van der Waals surface area contributed by atoms with E-state index in [2.05, 4.69) is 12.2 Å². The van der Waals surface area contributed by atoms with Crippen molar-refractivity contribution >= 4 is 17.6 Å². The second-order valence-electron chi connectivity index (χ2n) is 6.02. The summed E-state index contributed by atoms with van der Waals surface area (Å²) in [4.78, 5) is 25.6. The first-order chi connectivity index (χ1) is 10.1. The third-order valence-corrected chi connectivity index (χ3v) is 4.46. The van der Waals surface area contributed by atoms with Crippen LogP contribution in [0.3, 0.4) is 0 Å². The van der Waals surface area contributed by atoms with Crippen molar-refractivity contribution in [2.45, 2.75) is 32.2 Å². The molecule has 5 heteroatoms. The molecule has 0 saturated carbocycles. The maximum atomic E-state index is 12.7. The molecule has 2 N–H and O–H groups in total. The molecule has 0 aromatic heterocycles. The SMILES string of the molecule is CC1CCNC(C(=O)N2CCc3ccc(C(=O)O)cc32)C1. The summed E-state index contributed by atoms with van der Waals surface area (Å²) >= 11 is 0. The molecular weight excluding hydrogens is 268 g/mol. The summed E-state index contributed by atoms with van der Waals surface area (Å²) in [5, 5.41) is 12.4. The average Bonchev–Trinajstić information content (AvgIpc) is 2.89. The molecule has 2 unspecified atom stereocenters. The fourth-order valence-corrected chi connectivity index (χ4v) is 3.22. The van der Waals surface area contributed by atoms with E-state index >= 15 is 0 Å². The molecule has 5 nitrogen and oxygen atoms in total. The first kappa shape index (κ1) is 14.1. The minimum Gasteiger partial charge on any atom is -0.478 e. The summed E-state index contributed by atoms with van der Waals surface area (Å²) in [6.07, 6.45) is 2.75. The molecule has 1 aromatic rings. The monoisotopic (exact) mass is 288 g/mol. The molecule has 0 aliphatic carbocycles. The smallest absolute Gasteiger partial charge is 0.335 e. The lowest BCUT2D eigenvalue weighted by molar-refractivity contribution is -0.121. The van der Waals surface area contributed by atoms with Crippen LogP contribution in [0, 0.1) is 5.92 Å². The highest BCUT2D eigenvalue weighted by Gasteiger charge is 2.32. The molecule has 2 atom stereocenters. The minimum atomic E-state index is -0.957. The van der Waals surface area contributed by atoms with Crippen LogP contribution in [0.25, 0.3) is 0 Å². The molecule has 1 amide bonds. The Morgan fingerprint density at radius 2 is 2.19 bits per heavy atom. The van der Waals surface area contributed by atoms with Crippen LogP contribution in [0.4, 0.5) is 5.69 Å². The number of nitrogens with zero attached hydrogens (tertiary/aromatic N) is 1. The highest BCUT2D eigenvalue weighted by molar-refractivity contribution is 6.00. The number of carbonyl (C=O) groups excluding carboxylic acids is 1. The molecule has 2 aliphatic heterocycles. The molecule has 3 rings (SSSR count). The molecule has 112 valence electrons. The second-order valence-corrected chi connectivity index (χ2v) is 6.02. The van der Waals surface area contributed by atoms with Crippen molar-refractivity contribution in [3.8, 4) is 0 Å². The number of carboxylic acids is 1. The number of piperidine rings is 1. The normalized spacial score (nSPS) is 24.7. The van der Waals surface area contributed by atoms with Crippen LogP contribution >= 0.6 is 0 Å². The van der Waals surface area contributed by atoms with Crippen LogP contribution < -0.4 is 10.2 Å². The van der Waals surface area contributed by atoms with E-state index in [1.54, 1.807) is 17.0 Å². The summed E-state index contributed by atoms with van der Waals surface area (Å²) in [6.45, 7) is 3.68. The van der Waals surface area contributed by atoms with Gasteiger partial charge in [0.15, 0.2) is 0 Å². The summed E-state index contributed by atoms with van der Waals surface area (Å²) in [6, 6.07) is 4.90. The number of carbonyl (C=O) groups is 2. The van der Waals surface area contributed by atoms with E-state index in [-0.39, 0.29) is 17.5 Å². The zero-order valence-corrected chi connectivity index (χ0v) is 12.1. The van der Waals surface area contributed by atoms with Gasteiger partial charge in [0.2, 0.25) is 5.91 Å². The summed E-state index contributed by atoms with van der Waals surface area (Å²) in [5.41, 5.74) is 2.05. The fraction of sp³-hybridized carbons (Fsp3) is 0.500. The zero-order chi connectivity index (χ0) is 15.0. The van der Waals surface area contributed by atoms with E-state index in [0.717, 1.165) is 37.1 Å². The van der Waals surface area contributed by atoms with Crippen molar-refractivity contribution in [1.82, 2.24) is 5.32 Å². The van der Waals surface area contributed by atoms with Gasteiger partial charge in [0, 0.05) is 12.2 Å². The maximum Gasteiger partial charge on any atom is 0.335 e. The number of benzene rings is 1. The van der Waals surface area contributed by atoms with Crippen LogP contribution in [-0.4, -0.2) is 36.1 Å². The number of anilines is 1. The van der Waals surface area contributed by atoms with E-state index in [0.29, 0.717) is 12.5 Å². The molecule has 1 aromatic carbocycles. The molecular formula is C16H20N2O3. The van der Waals surface area contributed by atoms with Gasteiger partial charge < -0.3 is 15.3 Å². The van der Waals surface area contributed by atoms with Crippen molar-refractivity contribution in [2.24, 2.45) is 5.92 Å². The maximum absolute atomic E-state index is 12.7. The van der Waals surface area contributed by atoms with Crippen LogP contribution in [0.2, 0.25) is 0 Å². The lowest BCUT2D eigenvalue weighted by atomic mass is 9.93. The Morgan fingerprint density at radius 3 is 2.90 bits per heavy atom. The summed E-state index contributed by atoms with van der Waals surface area (Å²) < 4.78 is 0. The predicted molar refractivity (Wildman–Crippen MR) is 79.6 cm³/mol. The quantitative estimate of drug-likeness (QED) is 0.868. The van der Waals surface area contributed by atoms with Gasteiger partial charge in [-0.05, 0) is 49.4 Å². The van der Waals surface area contributed by atoms with E-state index in [9.17, 15) is 9.59 Å². The van der Waals surface area contributed by atoms with Crippen molar-refractivity contribution in [1.29, 1.82) is 0 Å². The minimum absolute atomic E-state index is 0.0721. The summed E-state index contributed by atoms with van der Waals surface area (Å²) in [7, 11) is 0. The zero-order valence-electron chi connectivity index (χ0n) is 12.1. The predicted octanol–water partition coefficient (Wildman–Crippen LogP) is 1.66. The number of hydrogen-bond acceptors (Lipinski definition) is 3. The van der Waals surface area contributed by atoms with Gasteiger partial charge in [0.1, 0.15) is 0 Å². The Hall–Kier alpha value is -1.88. The Balaban J connectivity index is 1.84. The molecule has 2 heterocycles. The largest absolute Gasteiger partial charge is 0.478 e. The number of fused-ring (bicyclic) bond motifs is 1. The van der Waals surface area contributed by atoms with Gasteiger partial charge in [-0.1, -0.05) is 13.0 Å². The second kappa shape index (κ2) is 5.48. The number of amides is 1. The van der Waals surface area contributed by atoms with Gasteiger partial charge in [-0.25, -0.2) is 4.79 Å². The molecule has 0 bridgehead atoms. The Bertz CT molecular complexity index is 585. The number of nitrogens with one attached hydrogen (secondary N) is 1. The van der Waals surface area contributed by atoms with Gasteiger partial charge in [-0.3, -0.25) is 4.79 Å². The van der Waals surface area contributed by atoms with Crippen LogP contribution in [0.5, 0.6) is 0 Å². The first-order valence-corrected chi connectivity index (χ1v) is 7.47. The fourth-order valence-electron chi connectivity index (χ4n) is 3.22. The highest BCUT2D eigenvalue weighted by Crippen LogP contribution is 2.30. The van der Waals surface area contributed by atoms with Crippen molar-refractivity contribution in [3.63, 3.8) is 0 Å². The highest BCUT2D eigenvalue weighted by atomic mass is 16.4. The molecule has 0 radical (unpaired) electrons. The van der Waals surface area contributed by atoms with Crippen molar-refractivity contribution in [3.05, 3.63) is 29.3 Å². The van der Waals surface area contributed by atoms with Crippen LogP contribution in [0.1, 0.15) is 35.7 Å². The number of aromatic carboxylic acids is 1. The van der Waals surface area contributed by atoms with E-state index in [1.165, 1.54) is 0 Å². The van der Waals surface area contributed by atoms with Gasteiger partial charge in [0.25, 0.3) is 0 Å². The summed E-state index contributed by atoms with van der Waals surface area (Å²) in [5.74, 6) is -0.336. The van der Waals surface area contributed by atoms with E-state index in [1.807, 2.05) is 6.07 Å². The lowest BCUT2D eigenvalue weighted by Gasteiger charge is -2.30. The van der Waals surface area contributed by atoms with E-state index in [4.69, 9.17) is 5.11 Å². The van der Waals surface area contributed by atoms with Crippen molar-refractivity contribution < 1.29 is 14.7 Å². The third-order valence-electron chi connectivity index (χ3n) is 4.46. The number of hydrogen-bond donors (Lipinski definition) is 2. The van der Waals surface area contributed by atoms with Gasteiger partial charge >= 0.3 is 5.97 Å². The van der Waals surface area contributed by atoms with Gasteiger partial charge in [0.05, 0.1) is 11.6 Å².